The van der Waals surface area contributed by atoms with Crippen LogP contribution < -0.4 is 5.32 Å². The third-order valence-corrected chi connectivity index (χ3v) is 3.19. The summed E-state index contributed by atoms with van der Waals surface area (Å²) in [6, 6.07) is 7.71. The van der Waals surface area contributed by atoms with Gasteiger partial charge in [-0.3, -0.25) is 0 Å². The average molecular weight is 278 g/mol. The molecule has 0 aliphatic rings. The summed E-state index contributed by atoms with van der Waals surface area (Å²) in [7, 11) is 0. The largest absolute Gasteiger partial charge is 0.392 e. The van der Waals surface area contributed by atoms with Crippen molar-refractivity contribution in [2.45, 2.75) is 27.0 Å². The van der Waals surface area contributed by atoms with Crippen molar-refractivity contribution in [1.29, 1.82) is 0 Å². The molecular weight excluding hydrogens is 262 g/mol. The van der Waals surface area contributed by atoms with Gasteiger partial charge in [0.05, 0.1) is 18.0 Å². The first-order valence-corrected chi connectivity index (χ1v) is 6.41. The fourth-order valence-corrected chi connectivity index (χ4v) is 1.87. The number of aliphatic hydroxyl groups excluding tert-OH is 1. The SMILES string of the molecule is Cc1nc(Cl)c(NCc2ccc(CO)cc2)nc1C. The van der Waals surface area contributed by atoms with Crippen LogP contribution in [0, 0.1) is 13.8 Å². The molecule has 0 fully saturated rings. The van der Waals surface area contributed by atoms with E-state index in [2.05, 4.69) is 15.3 Å². The molecule has 1 aromatic carbocycles. The Labute approximate surface area is 117 Å². The van der Waals surface area contributed by atoms with Crippen molar-refractivity contribution in [3.05, 3.63) is 51.9 Å². The molecule has 5 heteroatoms. The number of halogens is 1. The molecule has 1 aromatic heterocycles. The van der Waals surface area contributed by atoms with Gasteiger partial charge in [0.2, 0.25) is 0 Å². The molecule has 0 saturated heterocycles. The summed E-state index contributed by atoms with van der Waals surface area (Å²) >= 11 is 6.05. The lowest BCUT2D eigenvalue weighted by atomic mass is 10.1. The molecule has 0 saturated carbocycles. The molecule has 19 heavy (non-hydrogen) atoms. The van der Waals surface area contributed by atoms with Gasteiger partial charge in [0.15, 0.2) is 11.0 Å². The first-order valence-electron chi connectivity index (χ1n) is 6.03. The number of benzene rings is 1. The molecule has 0 aliphatic heterocycles. The number of hydrogen-bond donors (Lipinski definition) is 2. The van der Waals surface area contributed by atoms with E-state index in [0.29, 0.717) is 17.5 Å². The number of nitrogens with one attached hydrogen (secondary N) is 1. The lowest BCUT2D eigenvalue weighted by molar-refractivity contribution is 0.282. The van der Waals surface area contributed by atoms with Crippen LogP contribution in [0.3, 0.4) is 0 Å². The lowest BCUT2D eigenvalue weighted by Crippen LogP contribution is -2.05. The molecule has 0 radical (unpaired) electrons. The van der Waals surface area contributed by atoms with Crippen molar-refractivity contribution in [3.8, 4) is 0 Å². The Hall–Kier alpha value is -1.65. The molecule has 0 spiro atoms. The molecule has 0 atom stereocenters. The van der Waals surface area contributed by atoms with Crippen LogP contribution in [0.1, 0.15) is 22.5 Å². The third-order valence-electron chi connectivity index (χ3n) is 2.93. The summed E-state index contributed by atoms with van der Waals surface area (Å²) in [6.07, 6.45) is 0. The van der Waals surface area contributed by atoms with Crippen molar-refractivity contribution in [1.82, 2.24) is 9.97 Å². The second-order valence-corrected chi connectivity index (χ2v) is 4.72. The first-order chi connectivity index (χ1) is 9.10. The van der Waals surface area contributed by atoms with Gasteiger partial charge in [-0.2, -0.15) is 0 Å². The van der Waals surface area contributed by atoms with Crippen LogP contribution in [0.5, 0.6) is 0 Å². The molecule has 2 rings (SSSR count). The van der Waals surface area contributed by atoms with Gasteiger partial charge in [-0.15, -0.1) is 0 Å². The van der Waals surface area contributed by atoms with Gasteiger partial charge in [-0.25, -0.2) is 9.97 Å². The molecule has 0 bridgehead atoms. The van der Waals surface area contributed by atoms with E-state index < -0.39 is 0 Å². The second kappa shape index (κ2) is 5.99. The minimum atomic E-state index is 0.0577. The topological polar surface area (TPSA) is 58.0 Å². The minimum Gasteiger partial charge on any atom is -0.392 e. The molecule has 4 nitrogen and oxygen atoms in total. The summed E-state index contributed by atoms with van der Waals surface area (Å²) in [6.45, 7) is 4.45. The quantitative estimate of drug-likeness (QED) is 0.902. The number of hydrogen-bond acceptors (Lipinski definition) is 4. The van der Waals surface area contributed by atoms with E-state index in [1.165, 1.54) is 0 Å². The molecule has 1 heterocycles. The highest BCUT2D eigenvalue weighted by Crippen LogP contribution is 2.19. The summed E-state index contributed by atoms with van der Waals surface area (Å²) in [4.78, 5) is 8.60. The zero-order valence-electron chi connectivity index (χ0n) is 10.9. The zero-order valence-corrected chi connectivity index (χ0v) is 11.7. The van der Waals surface area contributed by atoms with E-state index in [9.17, 15) is 0 Å². The maximum Gasteiger partial charge on any atom is 0.171 e. The van der Waals surface area contributed by atoms with Crippen molar-refractivity contribution in [2.75, 3.05) is 5.32 Å². The lowest BCUT2D eigenvalue weighted by Gasteiger charge is -2.09. The standard InChI is InChI=1S/C14H16ClN3O/c1-9-10(2)18-14(13(15)17-9)16-7-11-3-5-12(8-19)6-4-11/h3-6,19H,7-8H2,1-2H3,(H,16,18). The third kappa shape index (κ3) is 3.43. The summed E-state index contributed by atoms with van der Waals surface area (Å²) in [5.41, 5.74) is 3.69. The highest BCUT2D eigenvalue weighted by atomic mass is 35.5. The monoisotopic (exact) mass is 277 g/mol. The number of aliphatic hydroxyl groups is 1. The van der Waals surface area contributed by atoms with Crippen LogP contribution in [0.2, 0.25) is 5.15 Å². The van der Waals surface area contributed by atoms with E-state index in [-0.39, 0.29) is 6.61 Å². The van der Waals surface area contributed by atoms with Gasteiger partial charge in [0.1, 0.15) is 0 Å². The Balaban J connectivity index is 2.07. The highest BCUT2D eigenvalue weighted by molar-refractivity contribution is 6.31. The average Bonchev–Trinajstić information content (AvgIpc) is 2.42. The molecule has 2 N–H and O–H groups in total. The first kappa shape index (κ1) is 13.8. The molecule has 2 aromatic rings. The predicted octanol–water partition coefficient (Wildman–Crippen LogP) is 2.85. The van der Waals surface area contributed by atoms with Crippen molar-refractivity contribution >= 4 is 17.4 Å². The zero-order chi connectivity index (χ0) is 13.8. The van der Waals surface area contributed by atoms with Crippen LogP contribution >= 0.6 is 11.6 Å². The summed E-state index contributed by atoms with van der Waals surface area (Å²) in [5.74, 6) is 0.594. The van der Waals surface area contributed by atoms with Gasteiger partial charge in [-0.1, -0.05) is 35.9 Å². The van der Waals surface area contributed by atoms with Crippen molar-refractivity contribution in [2.24, 2.45) is 0 Å². The van der Waals surface area contributed by atoms with Crippen LogP contribution in [-0.4, -0.2) is 15.1 Å². The minimum absolute atomic E-state index is 0.0577. The molecule has 0 aliphatic carbocycles. The van der Waals surface area contributed by atoms with Crippen LogP contribution in [-0.2, 0) is 13.2 Å². The van der Waals surface area contributed by atoms with Gasteiger partial charge < -0.3 is 10.4 Å². The number of nitrogens with zero attached hydrogens (tertiary/aromatic N) is 2. The van der Waals surface area contributed by atoms with Crippen molar-refractivity contribution in [3.63, 3.8) is 0 Å². The van der Waals surface area contributed by atoms with Crippen LogP contribution in [0.25, 0.3) is 0 Å². The Morgan fingerprint density at radius 1 is 1.05 bits per heavy atom. The van der Waals surface area contributed by atoms with E-state index in [1.807, 2.05) is 38.1 Å². The smallest absolute Gasteiger partial charge is 0.171 e. The summed E-state index contributed by atoms with van der Waals surface area (Å²) in [5, 5.41) is 12.5. The number of aromatic nitrogens is 2. The normalized spacial score (nSPS) is 10.5. The fraction of sp³-hybridized carbons (Fsp3) is 0.286. The summed E-state index contributed by atoms with van der Waals surface area (Å²) < 4.78 is 0. The van der Waals surface area contributed by atoms with Gasteiger partial charge >= 0.3 is 0 Å². The molecular formula is C14H16ClN3O. The van der Waals surface area contributed by atoms with Gasteiger partial charge in [-0.05, 0) is 25.0 Å². The number of anilines is 1. The Bertz CT molecular complexity index is 570. The van der Waals surface area contributed by atoms with Gasteiger partial charge in [0, 0.05) is 6.54 Å². The Morgan fingerprint density at radius 3 is 2.26 bits per heavy atom. The number of aryl methyl sites for hydroxylation is 2. The Kier molecular flexibility index (Phi) is 4.35. The van der Waals surface area contributed by atoms with Crippen molar-refractivity contribution < 1.29 is 5.11 Å². The van der Waals surface area contributed by atoms with E-state index in [4.69, 9.17) is 16.7 Å². The maximum absolute atomic E-state index is 8.98. The Morgan fingerprint density at radius 2 is 1.63 bits per heavy atom. The molecule has 0 amide bonds. The highest BCUT2D eigenvalue weighted by Gasteiger charge is 2.06. The maximum atomic E-state index is 8.98. The van der Waals surface area contributed by atoms with E-state index in [0.717, 1.165) is 22.5 Å². The van der Waals surface area contributed by atoms with Gasteiger partial charge in [0.25, 0.3) is 0 Å². The van der Waals surface area contributed by atoms with E-state index in [1.54, 1.807) is 0 Å². The van der Waals surface area contributed by atoms with E-state index >= 15 is 0 Å². The molecule has 0 unspecified atom stereocenters. The van der Waals surface area contributed by atoms with Crippen LogP contribution in [0.4, 0.5) is 5.82 Å². The van der Waals surface area contributed by atoms with Crippen LogP contribution in [0.15, 0.2) is 24.3 Å². The second-order valence-electron chi connectivity index (χ2n) is 4.36. The fourth-order valence-electron chi connectivity index (χ4n) is 1.64. The molecule has 100 valence electrons. The predicted molar refractivity (Wildman–Crippen MR) is 76.2 cm³/mol. The number of rotatable bonds is 4.